The SMILES string of the molecule is CC1(C)OB(c2ccc3ncc(F)cc3c2)OC1(C)C. The molecule has 0 amide bonds. The number of nitrogens with zero attached hydrogens (tertiary/aromatic N) is 1. The van der Waals surface area contributed by atoms with E-state index in [-0.39, 0.29) is 17.0 Å². The topological polar surface area (TPSA) is 31.4 Å². The fraction of sp³-hybridized carbons (Fsp3) is 0.400. The van der Waals surface area contributed by atoms with Gasteiger partial charge < -0.3 is 9.31 Å². The zero-order valence-electron chi connectivity index (χ0n) is 12.1. The molecule has 3 nitrogen and oxygen atoms in total. The van der Waals surface area contributed by atoms with Crippen LogP contribution in [0.2, 0.25) is 0 Å². The van der Waals surface area contributed by atoms with E-state index in [4.69, 9.17) is 9.31 Å². The summed E-state index contributed by atoms with van der Waals surface area (Å²) in [6.45, 7) is 8.04. The van der Waals surface area contributed by atoms with Crippen LogP contribution in [0.4, 0.5) is 4.39 Å². The van der Waals surface area contributed by atoms with Gasteiger partial charge in [0.1, 0.15) is 5.82 Å². The van der Waals surface area contributed by atoms with Crippen molar-refractivity contribution in [3.8, 4) is 0 Å². The summed E-state index contributed by atoms with van der Waals surface area (Å²) in [6, 6.07) is 7.11. The lowest BCUT2D eigenvalue weighted by Gasteiger charge is -2.32. The third-order valence-electron chi connectivity index (χ3n) is 4.20. The Hall–Kier alpha value is -1.46. The van der Waals surface area contributed by atoms with E-state index in [1.807, 2.05) is 45.9 Å². The van der Waals surface area contributed by atoms with Crippen molar-refractivity contribution >= 4 is 23.5 Å². The quantitative estimate of drug-likeness (QED) is 0.748. The van der Waals surface area contributed by atoms with Crippen LogP contribution >= 0.6 is 0 Å². The van der Waals surface area contributed by atoms with E-state index in [1.54, 1.807) is 0 Å². The van der Waals surface area contributed by atoms with Crippen molar-refractivity contribution in [3.05, 3.63) is 36.3 Å². The van der Waals surface area contributed by atoms with Gasteiger partial charge in [-0.25, -0.2) is 4.39 Å². The van der Waals surface area contributed by atoms with E-state index < -0.39 is 7.12 Å². The first-order valence-corrected chi connectivity index (χ1v) is 6.69. The lowest BCUT2D eigenvalue weighted by molar-refractivity contribution is 0.00578. The van der Waals surface area contributed by atoms with Gasteiger partial charge in [-0.3, -0.25) is 4.98 Å². The van der Waals surface area contributed by atoms with Crippen molar-refractivity contribution in [2.75, 3.05) is 0 Å². The summed E-state index contributed by atoms with van der Waals surface area (Å²) in [4.78, 5) is 4.05. The average molecular weight is 273 g/mol. The monoisotopic (exact) mass is 273 g/mol. The van der Waals surface area contributed by atoms with Gasteiger partial charge in [0, 0.05) is 5.39 Å². The molecule has 1 aliphatic rings. The maximum absolute atomic E-state index is 13.3. The minimum Gasteiger partial charge on any atom is -0.399 e. The molecule has 5 heteroatoms. The van der Waals surface area contributed by atoms with E-state index in [2.05, 4.69) is 4.98 Å². The van der Waals surface area contributed by atoms with Crippen LogP contribution < -0.4 is 5.46 Å². The van der Waals surface area contributed by atoms with Crippen molar-refractivity contribution in [1.82, 2.24) is 4.98 Å². The fourth-order valence-electron chi connectivity index (χ4n) is 2.25. The Morgan fingerprint density at radius 3 is 2.35 bits per heavy atom. The first-order valence-electron chi connectivity index (χ1n) is 6.69. The van der Waals surface area contributed by atoms with Gasteiger partial charge in [0.2, 0.25) is 0 Å². The Morgan fingerprint density at radius 2 is 1.70 bits per heavy atom. The van der Waals surface area contributed by atoms with Crippen LogP contribution in [-0.2, 0) is 9.31 Å². The van der Waals surface area contributed by atoms with Crippen molar-refractivity contribution in [1.29, 1.82) is 0 Å². The molecular formula is C15H17BFNO2. The third-order valence-corrected chi connectivity index (χ3v) is 4.20. The highest BCUT2D eigenvalue weighted by Crippen LogP contribution is 2.36. The molecule has 0 bridgehead atoms. The van der Waals surface area contributed by atoms with Crippen molar-refractivity contribution in [2.45, 2.75) is 38.9 Å². The van der Waals surface area contributed by atoms with Gasteiger partial charge in [0.25, 0.3) is 0 Å². The molecule has 0 unspecified atom stereocenters. The van der Waals surface area contributed by atoms with Crippen LogP contribution in [0.15, 0.2) is 30.5 Å². The summed E-state index contributed by atoms with van der Waals surface area (Å²) in [5.74, 6) is -0.344. The van der Waals surface area contributed by atoms with E-state index >= 15 is 0 Å². The van der Waals surface area contributed by atoms with E-state index in [1.165, 1.54) is 12.3 Å². The van der Waals surface area contributed by atoms with Crippen LogP contribution in [0.5, 0.6) is 0 Å². The standard InChI is InChI=1S/C15H17BFNO2/c1-14(2)15(3,4)20-16(19-14)11-5-6-13-10(7-11)8-12(17)9-18-13/h5-9H,1-4H3. The number of pyridine rings is 1. The molecule has 104 valence electrons. The summed E-state index contributed by atoms with van der Waals surface area (Å²) in [7, 11) is -0.437. The summed E-state index contributed by atoms with van der Waals surface area (Å²) >= 11 is 0. The van der Waals surface area contributed by atoms with Crippen LogP contribution in [0.3, 0.4) is 0 Å². The number of halogens is 1. The summed E-state index contributed by atoms with van der Waals surface area (Å²) < 4.78 is 25.3. The van der Waals surface area contributed by atoms with Crippen molar-refractivity contribution < 1.29 is 13.7 Å². The average Bonchev–Trinajstić information content (AvgIpc) is 2.57. The molecule has 2 heterocycles. The molecule has 1 saturated heterocycles. The van der Waals surface area contributed by atoms with Gasteiger partial charge in [-0.05, 0) is 45.3 Å². The first kappa shape index (κ1) is 13.5. The van der Waals surface area contributed by atoms with Crippen molar-refractivity contribution in [3.63, 3.8) is 0 Å². The molecule has 0 spiro atoms. The normalized spacial score (nSPS) is 20.6. The molecule has 0 N–H and O–H groups in total. The second-order valence-electron chi connectivity index (χ2n) is 6.19. The summed E-state index contributed by atoms with van der Waals surface area (Å²) in [5, 5.41) is 0.747. The smallest absolute Gasteiger partial charge is 0.399 e. The molecule has 0 atom stereocenters. The first-order chi connectivity index (χ1) is 9.28. The maximum atomic E-state index is 13.3. The van der Waals surface area contributed by atoms with Gasteiger partial charge in [0.15, 0.2) is 0 Å². The molecule has 1 fully saturated rings. The van der Waals surface area contributed by atoms with E-state index in [9.17, 15) is 4.39 Å². The summed E-state index contributed by atoms with van der Waals surface area (Å²) in [5.41, 5.74) is 0.870. The zero-order valence-corrected chi connectivity index (χ0v) is 12.1. The minimum absolute atomic E-state index is 0.344. The highest BCUT2D eigenvalue weighted by Gasteiger charge is 2.51. The molecule has 1 aliphatic heterocycles. The van der Waals surface area contributed by atoms with Gasteiger partial charge in [0.05, 0.1) is 22.9 Å². The third kappa shape index (κ3) is 2.11. The number of fused-ring (bicyclic) bond motifs is 1. The molecule has 0 radical (unpaired) electrons. The Morgan fingerprint density at radius 1 is 1.05 bits per heavy atom. The van der Waals surface area contributed by atoms with Gasteiger partial charge in [-0.15, -0.1) is 0 Å². The lowest BCUT2D eigenvalue weighted by Crippen LogP contribution is -2.41. The predicted molar refractivity (Wildman–Crippen MR) is 77.4 cm³/mol. The molecule has 0 saturated carbocycles. The molecule has 0 aliphatic carbocycles. The van der Waals surface area contributed by atoms with Crippen LogP contribution in [0, 0.1) is 5.82 Å². The Kier molecular flexibility index (Phi) is 2.89. The van der Waals surface area contributed by atoms with Gasteiger partial charge in [-0.1, -0.05) is 12.1 Å². The Balaban J connectivity index is 2.00. The predicted octanol–water partition coefficient (Wildman–Crippen LogP) is 2.67. The molecule has 2 aromatic rings. The molecular weight excluding hydrogens is 256 g/mol. The van der Waals surface area contributed by atoms with Crippen molar-refractivity contribution in [2.24, 2.45) is 0 Å². The Bertz CT molecular complexity index is 656. The Labute approximate surface area is 118 Å². The van der Waals surface area contributed by atoms with Gasteiger partial charge >= 0.3 is 7.12 Å². The number of hydrogen-bond acceptors (Lipinski definition) is 3. The van der Waals surface area contributed by atoms with Crippen LogP contribution in [0.1, 0.15) is 27.7 Å². The molecule has 1 aromatic heterocycles. The number of aromatic nitrogens is 1. The number of hydrogen-bond donors (Lipinski definition) is 0. The maximum Gasteiger partial charge on any atom is 0.494 e. The van der Waals surface area contributed by atoms with Crippen LogP contribution in [0.25, 0.3) is 10.9 Å². The molecule has 20 heavy (non-hydrogen) atoms. The minimum atomic E-state index is -0.437. The highest BCUT2D eigenvalue weighted by atomic mass is 19.1. The second kappa shape index (κ2) is 4.27. The molecule has 3 rings (SSSR count). The lowest BCUT2D eigenvalue weighted by atomic mass is 9.78. The van der Waals surface area contributed by atoms with Crippen LogP contribution in [-0.4, -0.2) is 23.3 Å². The van der Waals surface area contributed by atoms with E-state index in [0.29, 0.717) is 0 Å². The second-order valence-corrected chi connectivity index (χ2v) is 6.19. The van der Waals surface area contributed by atoms with Gasteiger partial charge in [-0.2, -0.15) is 0 Å². The zero-order chi connectivity index (χ0) is 14.5. The number of rotatable bonds is 1. The fourth-order valence-corrected chi connectivity index (χ4v) is 2.25. The highest BCUT2D eigenvalue weighted by molar-refractivity contribution is 6.62. The largest absolute Gasteiger partial charge is 0.494 e. The summed E-state index contributed by atoms with van der Waals surface area (Å²) in [6.07, 6.45) is 1.22. The molecule has 1 aromatic carbocycles. The number of benzene rings is 1. The van der Waals surface area contributed by atoms with E-state index in [0.717, 1.165) is 16.4 Å².